The minimum Gasteiger partial charge on any atom is -0.388 e. The first kappa shape index (κ1) is 17.2. The van der Waals surface area contributed by atoms with Gasteiger partial charge < -0.3 is 20.2 Å². The lowest BCUT2D eigenvalue weighted by atomic mass is 9.95. The van der Waals surface area contributed by atoms with Gasteiger partial charge in [0.25, 0.3) is 0 Å². The molecule has 2 aliphatic rings. The molecule has 4 heteroatoms. The summed E-state index contributed by atoms with van der Waals surface area (Å²) in [4.78, 5) is 5.09. The van der Waals surface area contributed by atoms with Gasteiger partial charge >= 0.3 is 0 Å². The molecule has 2 N–H and O–H groups in total. The number of β-amino-alcohol motifs (C(OH)–C–C–N with tert-alkyl or cyclic N) is 1. The van der Waals surface area contributed by atoms with E-state index in [0.29, 0.717) is 12.6 Å². The molecule has 2 aliphatic heterocycles. The van der Waals surface area contributed by atoms with Crippen LogP contribution in [0.3, 0.4) is 0 Å². The van der Waals surface area contributed by atoms with Gasteiger partial charge in [-0.1, -0.05) is 13.8 Å². The second-order valence-corrected chi connectivity index (χ2v) is 7.76. The first-order valence-electron chi connectivity index (χ1n) is 8.85. The van der Waals surface area contributed by atoms with Crippen molar-refractivity contribution in [3.8, 4) is 0 Å². The van der Waals surface area contributed by atoms with Crippen molar-refractivity contribution < 1.29 is 5.11 Å². The van der Waals surface area contributed by atoms with Crippen LogP contribution in [-0.4, -0.2) is 72.4 Å². The monoisotopic (exact) mass is 297 g/mol. The molecule has 21 heavy (non-hydrogen) atoms. The highest BCUT2D eigenvalue weighted by atomic mass is 16.3. The molecule has 2 fully saturated rings. The lowest BCUT2D eigenvalue weighted by Gasteiger charge is -2.38. The fourth-order valence-corrected chi connectivity index (χ4v) is 3.62. The maximum atomic E-state index is 10.5. The highest BCUT2D eigenvalue weighted by molar-refractivity contribution is 4.84. The molecule has 0 saturated carbocycles. The van der Waals surface area contributed by atoms with Crippen LogP contribution in [0.5, 0.6) is 0 Å². The van der Waals surface area contributed by atoms with Gasteiger partial charge in [-0.05, 0) is 64.7 Å². The number of likely N-dealkylation sites (tertiary alicyclic amines) is 2. The van der Waals surface area contributed by atoms with Crippen molar-refractivity contribution in [2.75, 3.05) is 45.8 Å². The SMILES string of the molecule is CC(C)NCC(C)(O)CN1CCC(CN2CCCC2)CC1. The van der Waals surface area contributed by atoms with Crippen LogP contribution in [0.4, 0.5) is 0 Å². The maximum absolute atomic E-state index is 10.5. The average molecular weight is 297 g/mol. The van der Waals surface area contributed by atoms with Crippen LogP contribution in [0.15, 0.2) is 0 Å². The van der Waals surface area contributed by atoms with Crippen molar-refractivity contribution in [1.82, 2.24) is 15.1 Å². The van der Waals surface area contributed by atoms with E-state index in [1.807, 2.05) is 6.92 Å². The number of aliphatic hydroxyl groups is 1. The van der Waals surface area contributed by atoms with Gasteiger partial charge in [-0.25, -0.2) is 0 Å². The normalized spacial score (nSPS) is 25.6. The molecule has 2 heterocycles. The Morgan fingerprint density at radius 2 is 1.71 bits per heavy atom. The van der Waals surface area contributed by atoms with Crippen molar-refractivity contribution in [3.63, 3.8) is 0 Å². The van der Waals surface area contributed by atoms with Gasteiger partial charge in [0.2, 0.25) is 0 Å². The Bertz CT molecular complexity index is 292. The summed E-state index contributed by atoms with van der Waals surface area (Å²) >= 11 is 0. The van der Waals surface area contributed by atoms with E-state index >= 15 is 0 Å². The van der Waals surface area contributed by atoms with Crippen LogP contribution in [0, 0.1) is 5.92 Å². The predicted molar refractivity (Wildman–Crippen MR) is 88.6 cm³/mol. The number of hydrogen-bond donors (Lipinski definition) is 2. The van der Waals surface area contributed by atoms with Crippen molar-refractivity contribution in [2.45, 2.75) is 58.1 Å². The lowest BCUT2D eigenvalue weighted by Crippen LogP contribution is -2.51. The Balaban J connectivity index is 1.65. The highest BCUT2D eigenvalue weighted by Crippen LogP contribution is 2.21. The zero-order chi connectivity index (χ0) is 15.3. The second kappa shape index (κ2) is 7.91. The Kier molecular flexibility index (Phi) is 6.48. The standard InChI is InChI=1S/C17H35N3O/c1-15(2)18-13-17(3,21)14-20-10-6-16(7-11-20)12-19-8-4-5-9-19/h15-16,18,21H,4-14H2,1-3H3. The summed E-state index contributed by atoms with van der Waals surface area (Å²) in [5, 5.41) is 13.8. The van der Waals surface area contributed by atoms with Crippen LogP contribution in [0.25, 0.3) is 0 Å². The summed E-state index contributed by atoms with van der Waals surface area (Å²) < 4.78 is 0. The van der Waals surface area contributed by atoms with E-state index in [1.54, 1.807) is 0 Å². The van der Waals surface area contributed by atoms with Gasteiger partial charge in [-0.3, -0.25) is 0 Å². The lowest BCUT2D eigenvalue weighted by molar-refractivity contribution is 0.00727. The molecule has 0 aromatic rings. The summed E-state index contributed by atoms with van der Waals surface area (Å²) in [6.07, 6.45) is 5.38. The van der Waals surface area contributed by atoms with Crippen LogP contribution in [-0.2, 0) is 0 Å². The van der Waals surface area contributed by atoms with E-state index < -0.39 is 5.60 Å². The van der Waals surface area contributed by atoms with E-state index in [-0.39, 0.29) is 0 Å². The molecule has 1 unspecified atom stereocenters. The molecule has 0 bridgehead atoms. The van der Waals surface area contributed by atoms with E-state index in [4.69, 9.17) is 0 Å². The minimum absolute atomic E-state index is 0.433. The van der Waals surface area contributed by atoms with Crippen molar-refractivity contribution in [2.24, 2.45) is 5.92 Å². The molecule has 0 radical (unpaired) electrons. The summed E-state index contributed by atoms with van der Waals surface area (Å²) in [6.45, 7) is 13.9. The smallest absolute Gasteiger partial charge is 0.0869 e. The van der Waals surface area contributed by atoms with Gasteiger partial charge in [0.15, 0.2) is 0 Å². The summed E-state index contributed by atoms with van der Waals surface area (Å²) in [5.41, 5.74) is -0.619. The number of nitrogens with one attached hydrogen (secondary N) is 1. The molecule has 0 amide bonds. The molecule has 4 nitrogen and oxygen atoms in total. The zero-order valence-electron chi connectivity index (χ0n) is 14.3. The summed E-state index contributed by atoms with van der Waals surface area (Å²) in [6, 6.07) is 0.433. The Morgan fingerprint density at radius 3 is 2.29 bits per heavy atom. The van der Waals surface area contributed by atoms with Crippen LogP contribution < -0.4 is 5.32 Å². The molecular weight excluding hydrogens is 262 g/mol. The zero-order valence-corrected chi connectivity index (χ0v) is 14.3. The molecule has 124 valence electrons. The topological polar surface area (TPSA) is 38.7 Å². The van der Waals surface area contributed by atoms with Crippen molar-refractivity contribution in [1.29, 1.82) is 0 Å². The molecule has 0 spiro atoms. The molecule has 0 aliphatic carbocycles. The molecule has 2 saturated heterocycles. The average Bonchev–Trinajstić information content (AvgIpc) is 2.92. The fraction of sp³-hybridized carbons (Fsp3) is 1.00. The van der Waals surface area contributed by atoms with E-state index in [1.165, 1.54) is 45.3 Å². The van der Waals surface area contributed by atoms with Gasteiger partial charge in [-0.15, -0.1) is 0 Å². The molecule has 0 aromatic carbocycles. The third-order valence-electron chi connectivity index (χ3n) is 4.88. The van der Waals surface area contributed by atoms with E-state index in [2.05, 4.69) is 29.0 Å². The van der Waals surface area contributed by atoms with E-state index in [9.17, 15) is 5.11 Å². The van der Waals surface area contributed by atoms with Gasteiger partial charge in [0, 0.05) is 25.7 Å². The summed E-state index contributed by atoms with van der Waals surface area (Å²) in [7, 11) is 0. The van der Waals surface area contributed by atoms with Crippen LogP contribution >= 0.6 is 0 Å². The van der Waals surface area contributed by atoms with Gasteiger partial charge in [0.1, 0.15) is 0 Å². The second-order valence-electron chi connectivity index (χ2n) is 7.76. The van der Waals surface area contributed by atoms with Crippen LogP contribution in [0.1, 0.15) is 46.5 Å². The minimum atomic E-state index is -0.619. The Hall–Kier alpha value is -0.160. The molecule has 1 atom stereocenters. The third kappa shape index (κ3) is 6.23. The molecular formula is C17H35N3O. The quantitative estimate of drug-likeness (QED) is 0.748. The number of piperidine rings is 1. The van der Waals surface area contributed by atoms with E-state index in [0.717, 1.165) is 25.6 Å². The van der Waals surface area contributed by atoms with Gasteiger partial charge in [0.05, 0.1) is 5.60 Å². The highest BCUT2D eigenvalue weighted by Gasteiger charge is 2.28. The third-order valence-corrected chi connectivity index (χ3v) is 4.88. The Morgan fingerprint density at radius 1 is 1.10 bits per heavy atom. The summed E-state index contributed by atoms with van der Waals surface area (Å²) in [5.74, 6) is 0.873. The van der Waals surface area contributed by atoms with Crippen LogP contribution in [0.2, 0.25) is 0 Å². The van der Waals surface area contributed by atoms with Crippen molar-refractivity contribution >= 4 is 0 Å². The van der Waals surface area contributed by atoms with Crippen molar-refractivity contribution in [3.05, 3.63) is 0 Å². The molecule has 0 aromatic heterocycles. The fourth-order valence-electron chi connectivity index (χ4n) is 3.62. The van der Waals surface area contributed by atoms with Gasteiger partial charge in [-0.2, -0.15) is 0 Å². The largest absolute Gasteiger partial charge is 0.388 e. The first-order chi connectivity index (χ1) is 9.94. The maximum Gasteiger partial charge on any atom is 0.0869 e. The number of hydrogen-bond acceptors (Lipinski definition) is 4. The Labute approximate surface area is 130 Å². The predicted octanol–water partition coefficient (Wildman–Crippen LogP) is 1.54. The number of nitrogens with zero attached hydrogens (tertiary/aromatic N) is 2. The molecule has 2 rings (SSSR count). The number of rotatable bonds is 7. The first-order valence-corrected chi connectivity index (χ1v) is 8.85.